The Bertz CT molecular complexity index is 581. The van der Waals surface area contributed by atoms with Gasteiger partial charge in [-0.05, 0) is 13.0 Å². The first kappa shape index (κ1) is 15.2. The fourth-order valence-electron chi connectivity index (χ4n) is 4.19. The molecule has 1 amide bonds. The van der Waals surface area contributed by atoms with Gasteiger partial charge in [-0.3, -0.25) is 9.69 Å². The van der Waals surface area contributed by atoms with E-state index < -0.39 is 0 Å². The van der Waals surface area contributed by atoms with Crippen molar-refractivity contribution in [1.82, 2.24) is 9.80 Å². The number of amides is 1. The number of carbonyl (C=O) groups excluding carboxylic acids is 1. The summed E-state index contributed by atoms with van der Waals surface area (Å²) in [6.45, 7) is 9.48. The van der Waals surface area contributed by atoms with Crippen LogP contribution in [0.5, 0.6) is 0 Å². The van der Waals surface area contributed by atoms with E-state index in [9.17, 15) is 4.79 Å². The van der Waals surface area contributed by atoms with Gasteiger partial charge in [0.1, 0.15) is 5.76 Å². The highest BCUT2D eigenvalue weighted by atomic mass is 16.5. The molecule has 0 bridgehead atoms. The second-order valence-corrected chi connectivity index (χ2v) is 7.04. The standard InChI is InChI=1S/C17H24N2O4/c1-13-15(2-5-23-13)16(20)19-8-14-9-22-12-17(14,11-19)10-18-3-6-21-7-4-18/h2,5,14H,3-4,6-12H2,1H3/t14-,17+/m1/s1. The monoisotopic (exact) mass is 320 g/mol. The molecule has 23 heavy (non-hydrogen) atoms. The van der Waals surface area contributed by atoms with Crippen molar-refractivity contribution >= 4 is 5.91 Å². The molecule has 2 atom stereocenters. The zero-order chi connectivity index (χ0) is 15.9. The predicted molar refractivity (Wildman–Crippen MR) is 83.3 cm³/mol. The van der Waals surface area contributed by atoms with Crippen molar-refractivity contribution in [2.75, 3.05) is 59.2 Å². The third-order valence-electron chi connectivity index (χ3n) is 5.54. The zero-order valence-corrected chi connectivity index (χ0v) is 13.6. The molecule has 3 aliphatic heterocycles. The normalized spacial score (nSPS) is 31.5. The molecule has 0 aromatic carbocycles. The summed E-state index contributed by atoms with van der Waals surface area (Å²) in [5.74, 6) is 1.22. The van der Waals surface area contributed by atoms with Crippen LogP contribution in [-0.4, -0.2) is 74.9 Å². The summed E-state index contributed by atoms with van der Waals surface area (Å²) >= 11 is 0. The second-order valence-electron chi connectivity index (χ2n) is 7.04. The molecule has 0 aliphatic carbocycles. The van der Waals surface area contributed by atoms with Crippen LogP contribution in [0.15, 0.2) is 16.7 Å². The number of ether oxygens (including phenoxy) is 2. The van der Waals surface area contributed by atoms with Gasteiger partial charge in [-0.1, -0.05) is 0 Å². The Morgan fingerprint density at radius 2 is 2.17 bits per heavy atom. The molecule has 0 radical (unpaired) electrons. The quantitative estimate of drug-likeness (QED) is 0.832. The summed E-state index contributed by atoms with van der Waals surface area (Å²) in [5.41, 5.74) is 0.761. The Balaban J connectivity index is 1.49. The summed E-state index contributed by atoms with van der Waals surface area (Å²) < 4.78 is 16.5. The van der Waals surface area contributed by atoms with Gasteiger partial charge in [0.05, 0.1) is 38.3 Å². The van der Waals surface area contributed by atoms with Gasteiger partial charge in [-0.2, -0.15) is 0 Å². The Morgan fingerprint density at radius 1 is 1.35 bits per heavy atom. The molecule has 3 fully saturated rings. The maximum atomic E-state index is 12.8. The molecule has 0 unspecified atom stereocenters. The average Bonchev–Trinajstić information content (AvgIpc) is 3.21. The molecular formula is C17H24N2O4. The lowest BCUT2D eigenvalue weighted by Crippen LogP contribution is -2.47. The van der Waals surface area contributed by atoms with E-state index in [1.54, 1.807) is 12.3 Å². The summed E-state index contributed by atoms with van der Waals surface area (Å²) in [7, 11) is 0. The van der Waals surface area contributed by atoms with E-state index in [4.69, 9.17) is 13.9 Å². The fraction of sp³-hybridized carbons (Fsp3) is 0.706. The van der Waals surface area contributed by atoms with Crippen molar-refractivity contribution in [2.45, 2.75) is 6.92 Å². The molecule has 0 spiro atoms. The van der Waals surface area contributed by atoms with Gasteiger partial charge in [0, 0.05) is 44.1 Å². The minimum atomic E-state index is 0.0740. The molecule has 6 heteroatoms. The third kappa shape index (κ3) is 2.69. The summed E-state index contributed by atoms with van der Waals surface area (Å²) in [6.07, 6.45) is 1.59. The van der Waals surface area contributed by atoms with E-state index >= 15 is 0 Å². The highest BCUT2D eigenvalue weighted by Gasteiger charge is 2.52. The Hall–Kier alpha value is -1.37. The van der Waals surface area contributed by atoms with Crippen LogP contribution in [-0.2, 0) is 9.47 Å². The molecule has 126 valence electrons. The Morgan fingerprint density at radius 3 is 2.91 bits per heavy atom. The van der Waals surface area contributed by atoms with E-state index in [1.807, 2.05) is 11.8 Å². The van der Waals surface area contributed by atoms with E-state index in [0.717, 1.165) is 59.2 Å². The van der Waals surface area contributed by atoms with Crippen LogP contribution in [0, 0.1) is 18.3 Å². The molecule has 6 nitrogen and oxygen atoms in total. The van der Waals surface area contributed by atoms with E-state index in [-0.39, 0.29) is 11.3 Å². The van der Waals surface area contributed by atoms with Crippen LogP contribution in [0.1, 0.15) is 16.1 Å². The van der Waals surface area contributed by atoms with Crippen LogP contribution in [0.25, 0.3) is 0 Å². The molecule has 4 heterocycles. The number of rotatable bonds is 3. The first-order chi connectivity index (χ1) is 11.2. The summed E-state index contributed by atoms with van der Waals surface area (Å²) in [6, 6.07) is 1.77. The van der Waals surface area contributed by atoms with Crippen molar-refractivity contribution in [1.29, 1.82) is 0 Å². The van der Waals surface area contributed by atoms with Crippen LogP contribution < -0.4 is 0 Å². The maximum Gasteiger partial charge on any atom is 0.257 e. The van der Waals surface area contributed by atoms with E-state index in [1.165, 1.54) is 0 Å². The molecule has 0 saturated carbocycles. The lowest BCUT2D eigenvalue weighted by Gasteiger charge is -2.36. The predicted octanol–water partition coefficient (Wildman–Crippen LogP) is 1.01. The topological polar surface area (TPSA) is 55.2 Å². The van der Waals surface area contributed by atoms with Gasteiger partial charge in [0.15, 0.2) is 0 Å². The van der Waals surface area contributed by atoms with Gasteiger partial charge >= 0.3 is 0 Å². The molecule has 3 aliphatic rings. The minimum Gasteiger partial charge on any atom is -0.469 e. The van der Waals surface area contributed by atoms with Gasteiger partial charge in [-0.25, -0.2) is 0 Å². The number of hydrogen-bond acceptors (Lipinski definition) is 5. The third-order valence-corrected chi connectivity index (χ3v) is 5.54. The van der Waals surface area contributed by atoms with Crippen molar-refractivity contribution < 1.29 is 18.7 Å². The zero-order valence-electron chi connectivity index (χ0n) is 13.6. The Labute approximate surface area is 136 Å². The van der Waals surface area contributed by atoms with Gasteiger partial charge < -0.3 is 18.8 Å². The highest BCUT2D eigenvalue weighted by Crippen LogP contribution is 2.42. The first-order valence-corrected chi connectivity index (χ1v) is 8.39. The molecule has 1 aromatic heterocycles. The van der Waals surface area contributed by atoms with E-state index in [2.05, 4.69) is 4.90 Å². The SMILES string of the molecule is Cc1occc1C(=O)N1C[C@@H]2COC[C@]2(CN2CCOCC2)C1. The number of hydrogen-bond donors (Lipinski definition) is 0. The van der Waals surface area contributed by atoms with Crippen molar-refractivity contribution in [3.05, 3.63) is 23.7 Å². The summed E-state index contributed by atoms with van der Waals surface area (Å²) in [4.78, 5) is 17.2. The summed E-state index contributed by atoms with van der Waals surface area (Å²) in [5, 5.41) is 0. The smallest absolute Gasteiger partial charge is 0.257 e. The molecule has 3 saturated heterocycles. The van der Waals surface area contributed by atoms with Crippen LogP contribution in [0.3, 0.4) is 0 Å². The number of nitrogens with zero attached hydrogens (tertiary/aromatic N) is 2. The number of morpholine rings is 1. The van der Waals surface area contributed by atoms with Crippen molar-refractivity contribution in [2.24, 2.45) is 11.3 Å². The Kier molecular flexibility index (Phi) is 3.91. The number of fused-ring (bicyclic) bond motifs is 1. The largest absolute Gasteiger partial charge is 0.469 e. The fourth-order valence-corrected chi connectivity index (χ4v) is 4.19. The molecule has 0 N–H and O–H groups in total. The van der Waals surface area contributed by atoms with Gasteiger partial charge in [0.25, 0.3) is 5.91 Å². The minimum absolute atomic E-state index is 0.0740. The highest BCUT2D eigenvalue weighted by molar-refractivity contribution is 5.95. The van der Waals surface area contributed by atoms with Crippen molar-refractivity contribution in [3.8, 4) is 0 Å². The lowest BCUT2D eigenvalue weighted by atomic mass is 9.80. The van der Waals surface area contributed by atoms with Crippen LogP contribution in [0.2, 0.25) is 0 Å². The van der Waals surface area contributed by atoms with Crippen LogP contribution in [0.4, 0.5) is 0 Å². The van der Waals surface area contributed by atoms with E-state index in [0.29, 0.717) is 17.2 Å². The second kappa shape index (κ2) is 5.92. The van der Waals surface area contributed by atoms with Gasteiger partial charge in [-0.15, -0.1) is 0 Å². The lowest BCUT2D eigenvalue weighted by molar-refractivity contribution is 0.0104. The maximum absolute atomic E-state index is 12.8. The number of carbonyl (C=O) groups is 1. The molecule has 1 aromatic rings. The van der Waals surface area contributed by atoms with Crippen molar-refractivity contribution in [3.63, 3.8) is 0 Å². The van der Waals surface area contributed by atoms with Crippen LogP contribution >= 0.6 is 0 Å². The molecular weight excluding hydrogens is 296 g/mol. The number of furan rings is 1. The number of likely N-dealkylation sites (tertiary alicyclic amines) is 1. The van der Waals surface area contributed by atoms with Gasteiger partial charge in [0.2, 0.25) is 0 Å². The molecule has 4 rings (SSSR count). The average molecular weight is 320 g/mol. The number of aryl methyl sites for hydroxylation is 1. The first-order valence-electron chi connectivity index (χ1n) is 8.39.